The van der Waals surface area contributed by atoms with Gasteiger partial charge in [-0.3, -0.25) is 0 Å². The monoisotopic (exact) mass is 153 g/mol. The Labute approximate surface area is 65.5 Å². The molecule has 0 atom stereocenters. The molecule has 0 saturated carbocycles. The molecule has 0 unspecified atom stereocenters. The Morgan fingerprint density at radius 2 is 1.82 bits per heavy atom. The van der Waals surface area contributed by atoms with Gasteiger partial charge in [0.2, 0.25) is 0 Å². The smallest absolute Gasteiger partial charge is 0.168 e. The molecule has 0 saturated heterocycles. The van der Waals surface area contributed by atoms with E-state index >= 15 is 0 Å². The predicted octanol–water partition coefficient (Wildman–Crippen LogP) is 1.85. The molecule has 0 fully saturated rings. The van der Waals surface area contributed by atoms with Crippen molar-refractivity contribution in [1.29, 1.82) is 0 Å². The third kappa shape index (κ3) is 0.935. The fourth-order valence-electron chi connectivity index (χ4n) is 1.14. The minimum Gasteiger partial charge on any atom is -0.493 e. The minimum atomic E-state index is 0. The van der Waals surface area contributed by atoms with E-state index in [-0.39, 0.29) is 6.15 Å². The van der Waals surface area contributed by atoms with E-state index < -0.39 is 0 Å². The van der Waals surface area contributed by atoms with Crippen LogP contribution in [0.2, 0.25) is 0 Å². The lowest BCUT2D eigenvalue weighted by molar-refractivity contribution is 0.359. The molecule has 2 aliphatic rings. The summed E-state index contributed by atoms with van der Waals surface area (Å²) in [6, 6.07) is 4.05. The van der Waals surface area contributed by atoms with E-state index in [0.29, 0.717) is 0 Å². The molecule has 3 heteroatoms. The molecule has 0 heterocycles. The van der Waals surface area contributed by atoms with Crippen LogP contribution >= 0.6 is 0 Å². The molecule has 3 nitrogen and oxygen atoms in total. The highest BCUT2D eigenvalue weighted by Gasteiger charge is 2.23. The third-order valence-corrected chi connectivity index (χ3v) is 1.71. The van der Waals surface area contributed by atoms with Crippen molar-refractivity contribution in [1.82, 2.24) is 6.15 Å². The number of hydrogen-bond acceptors (Lipinski definition) is 3. The zero-order valence-electron chi connectivity index (χ0n) is 6.68. The molecule has 3 N–H and O–H groups in total. The molecule has 0 radical (unpaired) electrons. The summed E-state index contributed by atoms with van der Waals surface area (Å²) in [5.41, 5.74) is 2.44. The van der Waals surface area contributed by atoms with Crippen LogP contribution in [0.25, 0.3) is 11.1 Å². The average Bonchev–Trinajstić information content (AvgIpc) is 2.63. The summed E-state index contributed by atoms with van der Waals surface area (Å²) in [6.45, 7) is 0. The topological polar surface area (TPSA) is 53.5 Å². The summed E-state index contributed by atoms with van der Waals surface area (Å²) in [4.78, 5) is 0. The Bertz CT molecular complexity index is 284. The van der Waals surface area contributed by atoms with Crippen LogP contribution in [0.5, 0.6) is 11.5 Å². The normalized spacial score (nSPS) is 10.0. The second-order valence-electron chi connectivity index (χ2n) is 2.26. The first-order valence-corrected chi connectivity index (χ1v) is 3.13. The number of hydrogen-bond donors (Lipinski definition) is 1. The quantitative estimate of drug-likeness (QED) is 0.716. The van der Waals surface area contributed by atoms with Gasteiger partial charge in [-0.15, -0.1) is 0 Å². The number of rotatable bonds is 2. The Kier molecular flexibility index (Phi) is 1.74. The maximum Gasteiger partial charge on any atom is 0.168 e. The average molecular weight is 153 g/mol. The van der Waals surface area contributed by atoms with Crippen molar-refractivity contribution in [2.45, 2.75) is 0 Å². The van der Waals surface area contributed by atoms with Gasteiger partial charge in [-0.05, 0) is 17.7 Å². The van der Waals surface area contributed by atoms with Gasteiger partial charge in [-0.25, -0.2) is 0 Å². The van der Waals surface area contributed by atoms with Gasteiger partial charge in [0.1, 0.15) is 0 Å². The lowest BCUT2D eigenvalue weighted by Gasteiger charge is -2.00. The van der Waals surface area contributed by atoms with Gasteiger partial charge in [0.05, 0.1) is 14.2 Å². The fourth-order valence-corrected chi connectivity index (χ4v) is 1.14. The van der Waals surface area contributed by atoms with E-state index in [2.05, 4.69) is 6.07 Å². The van der Waals surface area contributed by atoms with Crippen LogP contribution in [-0.4, -0.2) is 14.2 Å². The number of fused-ring (bicyclic) bond motifs is 1. The standard InChI is InChI=1S/C8H8O2.H3N/c1-9-7-4-5-3-6(5)8(7)10-2;/h3-4H,1-2H3;1H3. The first-order chi connectivity index (χ1) is 4.86. The van der Waals surface area contributed by atoms with Crippen LogP contribution in [0, 0.1) is 0 Å². The predicted molar refractivity (Wildman–Crippen MR) is 43.6 cm³/mol. The largest absolute Gasteiger partial charge is 0.493 e. The van der Waals surface area contributed by atoms with E-state index in [4.69, 9.17) is 9.47 Å². The van der Waals surface area contributed by atoms with Gasteiger partial charge < -0.3 is 15.6 Å². The van der Waals surface area contributed by atoms with Crippen LogP contribution in [0.15, 0.2) is 12.1 Å². The van der Waals surface area contributed by atoms with E-state index in [1.807, 2.05) is 6.07 Å². The zero-order valence-corrected chi connectivity index (χ0v) is 6.68. The molecule has 0 spiro atoms. The molecule has 0 aromatic rings. The lowest BCUT2D eigenvalue weighted by atomic mass is 10.5. The van der Waals surface area contributed by atoms with Crippen LogP contribution in [0.4, 0.5) is 0 Å². The van der Waals surface area contributed by atoms with E-state index in [1.54, 1.807) is 14.2 Å². The molecule has 11 heavy (non-hydrogen) atoms. The highest BCUT2D eigenvalue weighted by Crippen LogP contribution is 2.50. The van der Waals surface area contributed by atoms with E-state index in [1.165, 1.54) is 11.1 Å². The van der Waals surface area contributed by atoms with Gasteiger partial charge in [0.15, 0.2) is 11.5 Å². The molecule has 0 aromatic carbocycles. The Balaban J connectivity index is 0.000000605. The molecule has 0 amide bonds. The van der Waals surface area contributed by atoms with Gasteiger partial charge >= 0.3 is 0 Å². The molecular formula is C8H11NO2. The van der Waals surface area contributed by atoms with Crippen molar-refractivity contribution in [2.24, 2.45) is 0 Å². The summed E-state index contributed by atoms with van der Waals surface area (Å²) < 4.78 is 10.2. The van der Waals surface area contributed by atoms with Gasteiger partial charge in [-0.2, -0.15) is 0 Å². The summed E-state index contributed by atoms with van der Waals surface area (Å²) in [5.74, 6) is 1.72. The molecule has 60 valence electrons. The second kappa shape index (κ2) is 2.43. The summed E-state index contributed by atoms with van der Waals surface area (Å²) >= 11 is 0. The lowest BCUT2D eigenvalue weighted by Crippen LogP contribution is -1.85. The molecule has 0 aromatic heterocycles. The third-order valence-electron chi connectivity index (χ3n) is 1.71. The second-order valence-corrected chi connectivity index (χ2v) is 2.26. The summed E-state index contributed by atoms with van der Waals surface area (Å²) in [6.07, 6.45) is 0. The molecule has 2 rings (SSSR count). The van der Waals surface area contributed by atoms with Crippen molar-refractivity contribution in [3.63, 3.8) is 0 Å². The Hall–Kier alpha value is -1.22. The van der Waals surface area contributed by atoms with Crippen LogP contribution in [-0.2, 0) is 0 Å². The van der Waals surface area contributed by atoms with E-state index in [9.17, 15) is 0 Å². The number of methoxy groups -OCH3 is 2. The van der Waals surface area contributed by atoms with Crippen molar-refractivity contribution in [2.75, 3.05) is 14.2 Å². The number of benzene rings is 1. The van der Waals surface area contributed by atoms with Gasteiger partial charge in [0.25, 0.3) is 0 Å². The molecular weight excluding hydrogens is 142 g/mol. The summed E-state index contributed by atoms with van der Waals surface area (Å²) in [7, 11) is 3.31. The molecule has 0 aliphatic heterocycles. The zero-order chi connectivity index (χ0) is 7.14. The highest BCUT2D eigenvalue weighted by atomic mass is 16.5. The van der Waals surface area contributed by atoms with E-state index in [0.717, 1.165) is 11.5 Å². The summed E-state index contributed by atoms with van der Waals surface area (Å²) in [5, 5.41) is 0. The van der Waals surface area contributed by atoms with Crippen molar-refractivity contribution >= 4 is 0 Å². The first kappa shape index (κ1) is 7.88. The van der Waals surface area contributed by atoms with Crippen LogP contribution < -0.4 is 15.6 Å². The van der Waals surface area contributed by atoms with Crippen molar-refractivity contribution < 1.29 is 9.47 Å². The van der Waals surface area contributed by atoms with Crippen LogP contribution in [0.3, 0.4) is 0 Å². The molecule has 2 aliphatic carbocycles. The van der Waals surface area contributed by atoms with Crippen molar-refractivity contribution in [3.05, 3.63) is 12.1 Å². The Morgan fingerprint density at radius 1 is 1.09 bits per heavy atom. The number of ether oxygens (including phenoxy) is 2. The maximum absolute atomic E-state index is 5.10. The van der Waals surface area contributed by atoms with Crippen LogP contribution in [0.1, 0.15) is 0 Å². The minimum absolute atomic E-state index is 0. The first-order valence-electron chi connectivity index (χ1n) is 3.13. The fraction of sp³-hybridized carbons (Fsp3) is 0.250. The Morgan fingerprint density at radius 3 is 2.27 bits per heavy atom. The van der Waals surface area contributed by atoms with Gasteiger partial charge in [0, 0.05) is 5.56 Å². The van der Waals surface area contributed by atoms with Gasteiger partial charge in [-0.1, -0.05) is 0 Å². The highest BCUT2D eigenvalue weighted by molar-refractivity contribution is 5.91. The van der Waals surface area contributed by atoms with Crippen molar-refractivity contribution in [3.8, 4) is 22.6 Å². The maximum atomic E-state index is 5.10. The SMILES string of the molecule is COc1cc2cc-2c1OC.N. The molecule has 0 bridgehead atoms.